The van der Waals surface area contributed by atoms with Gasteiger partial charge in [-0.05, 0) is 36.6 Å². The van der Waals surface area contributed by atoms with Crippen LogP contribution in [0.25, 0.3) is 22.1 Å². The Morgan fingerprint density at radius 3 is 2.86 bits per heavy atom. The van der Waals surface area contributed by atoms with E-state index in [1.807, 2.05) is 18.2 Å². The Hall–Kier alpha value is -3.73. The molecule has 4 aromatic rings. The van der Waals surface area contributed by atoms with Crippen molar-refractivity contribution in [2.24, 2.45) is 5.92 Å². The lowest BCUT2D eigenvalue weighted by Gasteiger charge is -2.12. The lowest BCUT2D eigenvalue weighted by Crippen LogP contribution is -2.24. The second kappa shape index (κ2) is 7.36. The van der Waals surface area contributed by atoms with Gasteiger partial charge in [-0.1, -0.05) is 13.8 Å². The number of H-pyrrole nitrogens is 1. The molecule has 0 spiro atoms. The van der Waals surface area contributed by atoms with Crippen LogP contribution in [0.2, 0.25) is 0 Å². The lowest BCUT2D eigenvalue weighted by atomic mass is 10.1. The predicted molar refractivity (Wildman–Crippen MR) is 110 cm³/mol. The van der Waals surface area contributed by atoms with Crippen molar-refractivity contribution in [1.29, 1.82) is 5.26 Å². The van der Waals surface area contributed by atoms with Crippen LogP contribution >= 0.6 is 0 Å². The highest BCUT2D eigenvalue weighted by Crippen LogP contribution is 2.17. The van der Waals surface area contributed by atoms with E-state index in [-0.39, 0.29) is 17.7 Å². The van der Waals surface area contributed by atoms with Crippen LogP contribution in [0.3, 0.4) is 0 Å². The average Bonchev–Trinajstić information content (AvgIpc) is 3.05. The molecule has 0 unspecified atom stereocenters. The number of aromatic amines is 1. The van der Waals surface area contributed by atoms with Gasteiger partial charge in [-0.3, -0.25) is 9.59 Å². The number of aryl methyl sites for hydroxylation is 1. The third-order valence-electron chi connectivity index (χ3n) is 4.93. The van der Waals surface area contributed by atoms with Crippen molar-refractivity contribution in [3.05, 3.63) is 68.8 Å². The molecule has 0 aliphatic rings. The van der Waals surface area contributed by atoms with Gasteiger partial charge in [0.15, 0.2) is 5.65 Å². The van der Waals surface area contributed by atoms with E-state index >= 15 is 0 Å². The molecule has 8 nitrogen and oxygen atoms in total. The molecule has 0 atom stereocenters. The predicted octanol–water partition coefficient (Wildman–Crippen LogP) is 2.40. The molecule has 0 bridgehead atoms. The Morgan fingerprint density at radius 2 is 2.10 bits per heavy atom. The monoisotopic (exact) mass is 388 g/mol. The molecule has 1 N–H and O–H groups in total. The molecule has 146 valence electrons. The molecule has 0 aromatic carbocycles. The average molecular weight is 388 g/mol. The van der Waals surface area contributed by atoms with E-state index in [0.29, 0.717) is 16.8 Å². The molecular formula is C21H20N6O2. The highest BCUT2D eigenvalue weighted by Gasteiger charge is 2.14. The number of nitriles is 1. The second-order valence-corrected chi connectivity index (χ2v) is 7.41. The Bertz CT molecular complexity index is 1370. The van der Waals surface area contributed by atoms with Crippen LogP contribution in [0.15, 0.2) is 46.2 Å². The van der Waals surface area contributed by atoms with Crippen molar-refractivity contribution in [1.82, 2.24) is 24.1 Å². The van der Waals surface area contributed by atoms with Crippen molar-refractivity contribution in [3.8, 4) is 6.07 Å². The van der Waals surface area contributed by atoms with Crippen LogP contribution < -0.4 is 11.1 Å². The molecular weight excluding hydrogens is 368 g/mol. The van der Waals surface area contributed by atoms with E-state index in [9.17, 15) is 9.59 Å². The summed E-state index contributed by atoms with van der Waals surface area (Å²) >= 11 is 0. The number of nitrogens with zero attached hydrogens (tertiary/aromatic N) is 5. The van der Waals surface area contributed by atoms with Gasteiger partial charge in [0.25, 0.3) is 11.1 Å². The highest BCUT2D eigenvalue weighted by molar-refractivity contribution is 5.78. The molecule has 0 aliphatic carbocycles. The van der Waals surface area contributed by atoms with Gasteiger partial charge >= 0.3 is 0 Å². The fourth-order valence-electron chi connectivity index (χ4n) is 3.35. The summed E-state index contributed by atoms with van der Waals surface area (Å²) in [5.74, 6) is 1.26. The van der Waals surface area contributed by atoms with Gasteiger partial charge < -0.3 is 14.1 Å². The van der Waals surface area contributed by atoms with E-state index in [1.165, 1.54) is 10.6 Å². The molecule has 0 saturated heterocycles. The zero-order chi connectivity index (χ0) is 20.5. The van der Waals surface area contributed by atoms with Crippen LogP contribution in [0.5, 0.6) is 0 Å². The number of nitrogens with one attached hydrogen (secondary N) is 1. The van der Waals surface area contributed by atoms with Crippen LogP contribution in [-0.2, 0) is 13.1 Å². The number of aromatic nitrogens is 5. The third kappa shape index (κ3) is 3.43. The third-order valence-corrected chi connectivity index (χ3v) is 4.93. The molecule has 0 amide bonds. The summed E-state index contributed by atoms with van der Waals surface area (Å²) in [6.45, 7) is 5.35. The van der Waals surface area contributed by atoms with E-state index in [1.54, 1.807) is 18.5 Å². The van der Waals surface area contributed by atoms with Crippen molar-refractivity contribution in [2.45, 2.75) is 33.4 Å². The van der Waals surface area contributed by atoms with Crippen molar-refractivity contribution < 1.29 is 0 Å². The minimum absolute atomic E-state index is 0.0827. The van der Waals surface area contributed by atoms with Gasteiger partial charge in [0.05, 0.1) is 17.4 Å². The Morgan fingerprint density at radius 1 is 1.28 bits per heavy atom. The molecule has 0 fully saturated rings. The molecule has 0 aliphatic heterocycles. The smallest absolute Gasteiger partial charge is 0.266 e. The maximum Gasteiger partial charge on any atom is 0.266 e. The topological polar surface area (TPSA) is 109 Å². The SMILES string of the molecule is CC(C)CCn1c(Cn2ccc3[nH]c(=O)c(C#N)cc3c2=O)nc2cccnc21. The van der Waals surface area contributed by atoms with Crippen LogP contribution in [0, 0.1) is 17.2 Å². The minimum atomic E-state index is -0.501. The molecule has 4 aromatic heterocycles. The van der Waals surface area contributed by atoms with Gasteiger partial charge in [0, 0.05) is 18.9 Å². The quantitative estimate of drug-likeness (QED) is 0.565. The fraction of sp³-hybridized carbons (Fsp3) is 0.286. The summed E-state index contributed by atoms with van der Waals surface area (Å²) in [6, 6.07) is 8.58. The first-order chi connectivity index (χ1) is 14.0. The first-order valence-electron chi connectivity index (χ1n) is 9.44. The summed E-state index contributed by atoms with van der Waals surface area (Å²) in [5, 5.41) is 9.39. The normalized spacial score (nSPS) is 11.4. The van der Waals surface area contributed by atoms with Gasteiger partial charge in [0.2, 0.25) is 0 Å². The van der Waals surface area contributed by atoms with Crippen LogP contribution in [-0.4, -0.2) is 24.1 Å². The van der Waals surface area contributed by atoms with Crippen molar-refractivity contribution in [3.63, 3.8) is 0 Å². The number of hydrogen-bond acceptors (Lipinski definition) is 5. The van der Waals surface area contributed by atoms with Crippen LogP contribution in [0.1, 0.15) is 31.7 Å². The van der Waals surface area contributed by atoms with E-state index in [2.05, 4.69) is 33.4 Å². The molecule has 0 saturated carbocycles. The Kier molecular flexibility index (Phi) is 4.72. The largest absolute Gasteiger partial charge is 0.321 e. The summed E-state index contributed by atoms with van der Waals surface area (Å²) < 4.78 is 3.59. The minimum Gasteiger partial charge on any atom is -0.321 e. The molecule has 4 rings (SSSR count). The maximum absolute atomic E-state index is 13.0. The number of pyridine rings is 3. The standard InChI is InChI=1S/C21H20N6O2/c1-13(2)5-9-27-18(24-17-4-3-7-23-19(17)27)12-26-8-6-16-15(21(26)29)10-14(11-22)20(28)25-16/h3-4,6-8,10,13H,5,9,12H2,1-2H3,(H,25,28). The van der Waals surface area contributed by atoms with Gasteiger partial charge in [-0.25, -0.2) is 9.97 Å². The number of hydrogen-bond donors (Lipinski definition) is 1. The Balaban J connectivity index is 1.81. The van der Waals surface area contributed by atoms with Crippen molar-refractivity contribution in [2.75, 3.05) is 0 Å². The zero-order valence-corrected chi connectivity index (χ0v) is 16.2. The summed E-state index contributed by atoms with van der Waals surface area (Å²) in [7, 11) is 0. The number of fused-ring (bicyclic) bond motifs is 2. The summed E-state index contributed by atoms with van der Waals surface area (Å²) in [5.41, 5.74) is 1.12. The molecule has 4 heterocycles. The summed E-state index contributed by atoms with van der Waals surface area (Å²) in [4.78, 5) is 36.5. The van der Waals surface area contributed by atoms with Gasteiger partial charge in [-0.15, -0.1) is 0 Å². The lowest BCUT2D eigenvalue weighted by molar-refractivity contribution is 0.505. The van der Waals surface area contributed by atoms with E-state index < -0.39 is 5.56 Å². The summed E-state index contributed by atoms with van der Waals surface area (Å²) in [6.07, 6.45) is 4.34. The van der Waals surface area contributed by atoms with Gasteiger partial charge in [-0.2, -0.15) is 5.26 Å². The van der Waals surface area contributed by atoms with E-state index in [4.69, 9.17) is 5.26 Å². The number of rotatable bonds is 5. The second-order valence-electron chi connectivity index (χ2n) is 7.41. The first kappa shape index (κ1) is 18.6. The zero-order valence-electron chi connectivity index (χ0n) is 16.2. The molecule has 8 heteroatoms. The highest BCUT2D eigenvalue weighted by atomic mass is 16.1. The van der Waals surface area contributed by atoms with Gasteiger partial charge in [0.1, 0.15) is 23.0 Å². The van der Waals surface area contributed by atoms with E-state index in [0.717, 1.165) is 30.0 Å². The molecule has 29 heavy (non-hydrogen) atoms. The molecule has 0 radical (unpaired) electrons. The maximum atomic E-state index is 13.0. The van der Waals surface area contributed by atoms with Crippen molar-refractivity contribution >= 4 is 22.1 Å². The fourth-order valence-corrected chi connectivity index (χ4v) is 3.35. The Labute approximate surface area is 166 Å². The van der Waals surface area contributed by atoms with Crippen LogP contribution in [0.4, 0.5) is 0 Å². The number of imidazole rings is 1. The first-order valence-corrected chi connectivity index (χ1v) is 9.44.